The standard InChI is InChI=1S/C9H20N2O2/c1-12-5-9(6-13-2)3-7(10)8(11)4-9/h7-8H,3-6,10-11H2,1-2H3/t7-,8-/m1/s1. The van der Waals surface area contributed by atoms with Gasteiger partial charge in [0.1, 0.15) is 0 Å². The van der Waals surface area contributed by atoms with Crippen LogP contribution in [0.1, 0.15) is 12.8 Å². The number of hydrogen-bond acceptors (Lipinski definition) is 4. The Morgan fingerprint density at radius 1 is 1.08 bits per heavy atom. The molecule has 0 amide bonds. The van der Waals surface area contributed by atoms with Gasteiger partial charge in [-0.15, -0.1) is 0 Å². The maximum absolute atomic E-state index is 5.88. The molecule has 78 valence electrons. The van der Waals surface area contributed by atoms with E-state index >= 15 is 0 Å². The Morgan fingerprint density at radius 2 is 1.46 bits per heavy atom. The Labute approximate surface area is 79.6 Å². The van der Waals surface area contributed by atoms with Crippen molar-refractivity contribution in [1.29, 1.82) is 0 Å². The number of ether oxygens (including phenoxy) is 2. The molecule has 4 N–H and O–H groups in total. The molecule has 0 aromatic rings. The van der Waals surface area contributed by atoms with Gasteiger partial charge in [0.05, 0.1) is 13.2 Å². The van der Waals surface area contributed by atoms with Crippen LogP contribution in [0.4, 0.5) is 0 Å². The van der Waals surface area contributed by atoms with E-state index in [4.69, 9.17) is 20.9 Å². The maximum atomic E-state index is 5.88. The van der Waals surface area contributed by atoms with Gasteiger partial charge in [-0.3, -0.25) is 0 Å². The zero-order chi connectivity index (χ0) is 9.90. The van der Waals surface area contributed by atoms with E-state index in [1.807, 2.05) is 0 Å². The summed E-state index contributed by atoms with van der Waals surface area (Å²) in [6.07, 6.45) is 1.80. The summed E-state index contributed by atoms with van der Waals surface area (Å²) in [6.45, 7) is 1.37. The third-order valence-corrected chi connectivity index (χ3v) is 2.79. The van der Waals surface area contributed by atoms with Crippen molar-refractivity contribution in [2.75, 3.05) is 27.4 Å². The molecule has 0 heterocycles. The van der Waals surface area contributed by atoms with Gasteiger partial charge in [-0.05, 0) is 12.8 Å². The molecule has 4 heteroatoms. The molecule has 0 aliphatic heterocycles. The predicted molar refractivity (Wildman–Crippen MR) is 51.4 cm³/mol. The quantitative estimate of drug-likeness (QED) is 0.636. The van der Waals surface area contributed by atoms with Crippen molar-refractivity contribution in [3.05, 3.63) is 0 Å². The summed E-state index contributed by atoms with van der Waals surface area (Å²) in [4.78, 5) is 0. The van der Waals surface area contributed by atoms with Crippen molar-refractivity contribution in [2.24, 2.45) is 16.9 Å². The molecule has 0 aromatic carbocycles. The van der Waals surface area contributed by atoms with Crippen LogP contribution in [-0.2, 0) is 9.47 Å². The average Bonchev–Trinajstić information content (AvgIpc) is 2.29. The van der Waals surface area contributed by atoms with Crippen LogP contribution in [0, 0.1) is 5.41 Å². The minimum absolute atomic E-state index is 0.0440. The summed E-state index contributed by atoms with van der Waals surface area (Å²) >= 11 is 0. The van der Waals surface area contributed by atoms with Crippen molar-refractivity contribution in [3.8, 4) is 0 Å². The van der Waals surface area contributed by atoms with E-state index < -0.39 is 0 Å². The van der Waals surface area contributed by atoms with Crippen molar-refractivity contribution >= 4 is 0 Å². The molecule has 1 aliphatic rings. The summed E-state index contributed by atoms with van der Waals surface area (Å²) in [5, 5.41) is 0. The van der Waals surface area contributed by atoms with Crippen molar-refractivity contribution in [3.63, 3.8) is 0 Å². The van der Waals surface area contributed by atoms with Gasteiger partial charge in [-0.25, -0.2) is 0 Å². The zero-order valence-corrected chi connectivity index (χ0v) is 8.45. The molecule has 0 aromatic heterocycles. The molecule has 1 saturated carbocycles. The van der Waals surface area contributed by atoms with Crippen LogP contribution < -0.4 is 11.5 Å². The first-order valence-electron chi connectivity index (χ1n) is 4.62. The smallest absolute Gasteiger partial charge is 0.0541 e. The summed E-state index contributed by atoms with van der Waals surface area (Å²) in [7, 11) is 3.40. The van der Waals surface area contributed by atoms with E-state index in [1.165, 1.54) is 0 Å². The molecule has 1 aliphatic carbocycles. The van der Waals surface area contributed by atoms with Gasteiger partial charge in [-0.1, -0.05) is 0 Å². The molecule has 0 spiro atoms. The molecule has 1 fully saturated rings. The lowest BCUT2D eigenvalue weighted by Gasteiger charge is -2.27. The Kier molecular flexibility index (Phi) is 3.67. The predicted octanol–water partition coefficient (Wildman–Crippen LogP) is -0.286. The molecule has 4 nitrogen and oxygen atoms in total. The SMILES string of the molecule is COCC1(COC)C[C@@H](N)[C@H](N)C1. The summed E-state index contributed by atoms with van der Waals surface area (Å²) < 4.78 is 10.4. The fourth-order valence-electron chi connectivity index (χ4n) is 2.28. The minimum Gasteiger partial charge on any atom is -0.384 e. The Balaban J connectivity index is 2.58. The second kappa shape index (κ2) is 4.37. The van der Waals surface area contributed by atoms with Crippen LogP contribution in [0.2, 0.25) is 0 Å². The molecule has 0 unspecified atom stereocenters. The molecule has 2 atom stereocenters. The van der Waals surface area contributed by atoms with E-state index in [2.05, 4.69) is 0 Å². The molecule has 0 saturated heterocycles. The number of hydrogen-bond donors (Lipinski definition) is 2. The lowest BCUT2D eigenvalue weighted by atomic mass is 9.88. The summed E-state index contributed by atoms with van der Waals surface area (Å²) in [5.41, 5.74) is 11.8. The first-order chi connectivity index (χ1) is 6.13. The van der Waals surface area contributed by atoms with Gasteiger partial charge in [0.2, 0.25) is 0 Å². The molecule has 13 heavy (non-hydrogen) atoms. The van der Waals surface area contributed by atoms with Gasteiger partial charge in [-0.2, -0.15) is 0 Å². The third-order valence-electron chi connectivity index (χ3n) is 2.79. The molecular formula is C9H20N2O2. The van der Waals surface area contributed by atoms with Gasteiger partial charge >= 0.3 is 0 Å². The normalized spacial score (nSPS) is 32.3. The van der Waals surface area contributed by atoms with E-state index in [-0.39, 0.29) is 17.5 Å². The van der Waals surface area contributed by atoms with Crippen LogP contribution in [0.25, 0.3) is 0 Å². The highest BCUT2D eigenvalue weighted by atomic mass is 16.5. The first-order valence-corrected chi connectivity index (χ1v) is 4.62. The molecule has 0 bridgehead atoms. The van der Waals surface area contributed by atoms with E-state index in [9.17, 15) is 0 Å². The van der Waals surface area contributed by atoms with Crippen LogP contribution in [0.15, 0.2) is 0 Å². The number of rotatable bonds is 4. The Bertz CT molecular complexity index is 146. The highest BCUT2D eigenvalue weighted by Crippen LogP contribution is 2.37. The Morgan fingerprint density at radius 3 is 1.77 bits per heavy atom. The lowest BCUT2D eigenvalue weighted by Crippen LogP contribution is -2.35. The first kappa shape index (κ1) is 10.9. The zero-order valence-electron chi connectivity index (χ0n) is 8.45. The maximum Gasteiger partial charge on any atom is 0.0541 e. The van der Waals surface area contributed by atoms with Crippen molar-refractivity contribution in [1.82, 2.24) is 0 Å². The van der Waals surface area contributed by atoms with Gasteiger partial charge < -0.3 is 20.9 Å². The summed E-state index contributed by atoms with van der Waals surface area (Å²) in [5.74, 6) is 0. The topological polar surface area (TPSA) is 70.5 Å². The fourth-order valence-corrected chi connectivity index (χ4v) is 2.28. The molecular weight excluding hydrogens is 168 g/mol. The third kappa shape index (κ3) is 2.40. The van der Waals surface area contributed by atoms with Crippen molar-refractivity contribution < 1.29 is 9.47 Å². The van der Waals surface area contributed by atoms with Gasteiger partial charge in [0, 0.05) is 31.7 Å². The molecule has 0 radical (unpaired) electrons. The second-order valence-electron chi connectivity index (χ2n) is 4.10. The Hall–Kier alpha value is -0.160. The molecule has 1 rings (SSSR count). The second-order valence-corrected chi connectivity index (χ2v) is 4.10. The fraction of sp³-hybridized carbons (Fsp3) is 1.00. The van der Waals surface area contributed by atoms with Gasteiger partial charge in [0.25, 0.3) is 0 Å². The monoisotopic (exact) mass is 188 g/mol. The van der Waals surface area contributed by atoms with E-state index in [0.29, 0.717) is 13.2 Å². The average molecular weight is 188 g/mol. The highest BCUT2D eigenvalue weighted by molar-refractivity contribution is 4.98. The van der Waals surface area contributed by atoms with E-state index in [0.717, 1.165) is 12.8 Å². The van der Waals surface area contributed by atoms with Crippen LogP contribution in [0.5, 0.6) is 0 Å². The van der Waals surface area contributed by atoms with Gasteiger partial charge in [0.15, 0.2) is 0 Å². The number of nitrogens with two attached hydrogens (primary N) is 2. The largest absolute Gasteiger partial charge is 0.384 e. The minimum atomic E-state index is 0.0440. The lowest BCUT2D eigenvalue weighted by molar-refractivity contribution is 0.0131. The van der Waals surface area contributed by atoms with Crippen LogP contribution in [-0.4, -0.2) is 39.5 Å². The van der Waals surface area contributed by atoms with Crippen LogP contribution in [0.3, 0.4) is 0 Å². The van der Waals surface area contributed by atoms with Crippen LogP contribution >= 0.6 is 0 Å². The highest BCUT2D eigenvalue weighted by Gasteiger charge is 2.42. The van der Waals surface area contributed by atoms with Crippen molar-refractivity contribution in [2.45, 2.75) is 24.9 Å². The number of methoxy groups -OCH3 is 2. The summed E-state index contributed by atoms with van der Waals surface area (Å²) in [6, 6.07) is 0.176. The van der Waals surface area contributed by atoms with E-state index in [1.54, 1.807) is 14.2 Å².